The predicted molar refractivity (Wildman–Crippen MR) is 110 cm³/mol. The Balaban J connectivity index is 1.44. The smallest absolute Gasteiger partial charge is 0.220 e. The van der Waals surface area contributed by atoms with E-state index in [1.807, 2.05) is 24.3 Å². The topological polar surface area (TPSA) is 54.9 Å². The van der Waals surface area contributed by atoms with Gasteiger partial charge in [0.2, 0.25) is 5.91 Å². The lowest BCUT2D eigenvalue weighted by molar-refractivity contribution is -0.121. The minimum atomic E-state index is -0.228. The van der Waals surface area contributed by atoms with Gasteiger partial charge in [-0.1, -0.05) is 36.4 Å². The van der Waals surface area contributed by atoms with E-state index in [-0.39, 0.29) is 11.9 Å². The van der Waals surface area contributed by atoms with E-state index in [0.717, 1.165) is 24.0 Å². The van der Waals surface area contributed by atoms with Crippen LogP contribution in [-0.2, 0) is 11.2 Å². The average molecular weight is 371 g/mol. The first-order valence-corrected chi connectivity index (χ1v) is 9.98. The largest absolute Gasteiger partial charge is 0.345 e. The quantitative estimate of drug-likeness (QED) is 0.690. The number of nitrogens with zero attached hydrogens (tertiary/aromatic N) is 2. The van der Waals surface area contributed by atoms with E-state index in [1.54, 1.807) is 24.8 Å². The van der Waals surface area contributed by atoms with Crippen molar-refractivity contribution < 1.29 is 4.79 Å². The van der Waals surface area contributed by atoms with Gasteiger partial charge >= 0.3 is 0 Å². The molecule has 2 heterocycles. The molecule has 4 nitrogen and oxygen atoms in total. The van der Waals surface area contributed by atoms with Gasteiger partial charge in [-0.3, -0.25) is 14.8 Å². The molecule has 142 valence electrons. The van der Waals surface area contributed by atoms with Crippen LogP contribution in [-0.4, -0.2) is 15.9 Å². The summed E-state index contributed by atoms with van der Waals surface area (Å²) in [6, 6.07) is 16.2. The van der Waals surface area contributed by atoms with Crippen LogP contribution in [0.4, 0.5) is 0 Å². The fraction of sp³-hybridized carbons (Fsp3) is 0.292. The van der Waals surface area contributed by atoms with Crippen LogP contribution in [0.3, 0.4) is 0 Å². The van der Waals surface area contributed by atoms with Crippen molar-refractivity contribution in [1.82, 2.24) is 15.3 Å². The summed E-state index contributed by atoms with van der Waals surface area (Å²) in [5.74, 6) is 0.548. The highest BCUT2D eigenvalue weighted by Gasteiger charge is 2.22. The Morgan fingerprint density at radius 3 is 2.39 bits per heavy atom. The van der Waals surface area contributed by atoms with Crippen molar-refractivity contribution >= 4 is 5.91 Å². The molecule has 1 aliphatic carbocycles. The number of aromatic nitrogens is 2. The second-order valence-electron chi connectivity index (χ2n) is 7.40. The zero-order chi connectivity index (χ0) is 19.2. The molecule has 0 saturated heterocycles. The number of carbonyl (C=O) groups excluding carboxylic acids is 1. The van der Waals surface area contributed by atoms with Crippen molar-refractivity contribution in [2.24, 2.45) is 0 Å². The van der Waals surface area contributed by atoms with Gasteiger partial charge in [0, 0.05) is 31.2 Å². The predicted octanol–water partition coefficient (Wildman–Crippen LogP) is 4.58. The van der Waals surface area contributed by atoms with E-state index in [1.165, 1.54) is 24.0 Å². The van der Waals surface area contributed by atoms with Crippen LogP contribution in [0.5, 0.6) is 0 Å². The molecular formula is C24H25N3O. The molecule has 0 bridgehead atoms. The molecule has 0 spiro atoms. The third-order valence-corrected chi connectivity index (χ3v) is 5.55. The summed E-state index contributed by atoms with van der Waals surface area (Å²) < 4.78 is 0. The van der Waals surface area contributed by atoms with Crippen LogP contribution in [0.15, 0.2) is 73.3 Å². The van der Waals surface area contributed by atoms with Crippen LogP contribution in [0, 0.1) is 0 Å². The van der Waals surface area contributed by atoms with Gasteiger partial charge in [0.15, 0.2) is 0 Å². The number of carbonyl (C=O) groups is 1. The number of hydrogen-bond donors (Lipinski definition) is 1. The van der Waals surface area contributed by atoms with Crippen LogP contribution in [0.25, 0.3) is 0 Å². The number of nitrogens with one attached hydrogen (secondary N) is 1. The fourth-order valence-electron chi connectivity index (χ4n) is 4.15. The highest BCUT2D eigenvalue weighted by Crippen LogP contribution is 2.34. The van der Waals surface area contributed by atoms with E-state index >= 15 is 0 Å². The van der Waals surface area contributed by atoms with Crippen molar-refractivity contribution in [1.29, 1.82) is 0 Å². The number of benzene rings is 1. The molecule has 28 heavy (non-hydrogen) atoms. The van der Waals surface area contributed by atoms with Gasteiger partial charge in [-0.2, -0.15) is 0 Å². The number of amides is 1. The van der Waals surface area contributed by atoms with Gasteiger partial charge in [-0.25, -0.2) is 0 Å². The zero-order valence-electron chi connectivity index (χ0n) is 15.9. The Kier molecular flexibility index (Phi) is 5.76. The first-order valence-electron chi connectivity index (χ1n) is 9.98. The molecule has 4 heteroatoms. The standard InChI is InChI=1S/C24H25N3O/c28-23(13-12-19-8-3-7-18-6-1-2-11-22(18)19)27-24(20-9-4-14-25-16-20)21-10-5-15-26-17-21/h1-2,4-6,9-11,14-17,19,24H,3,7-8,12-13H2,(H,27,28). The van der Waals surface area contributed by atoms with Crippen LogP contribution in [0.1, 0.15) is 59.9 Å². The van der Waals surface area contributed by atoms with Crippen LogP contribution < -0.4 is 5.32 Å². The molecule has 1 atom stereocenters. The van der Waals surface area contributed by atoms with Crippen LogP contribution >= 0.6 is 0 Å². The minimum Gasteiger partial charge on any atom is -0.345 e. The van der Waals surface area contributed by atoms with Gasteiger partial charge in [-0.05, 0) is 66.0 Å². The monoisotopic (exact) mass is 371 g/mol. The Hall–Kier alpha value is -3.01. The summed E-state index contributed by atoms with van der Waals surface area (Å²) in [4.78, 5) is 21.2. The second kappa shape index (κ2) is 8.79. The summed E-state index contributed by atoms with van der Waals surface area (Å²) >= 11 is 0. The summed E-state index contributed by atoms with van der Waals surface area (Å²) in [6.07, 6.45) is 12.0. The molecule has 1 amide bonds. The zero-order valence-corrected chi connectivity index (χ0v) is 15.9. The highest BCUT2D eigenvalue weighted by atomic mass is 16.1. The lowest BCUT2D eigenvalue weighted by Crippen LogP contribution is -2.29. The molecule has 4 rings (SSSR count). The third-order valence-electron chi connectivity index (χ3n) is 5.55. The first-order chi connectivity index (χ1) is 13.8. The molecule has 0 saturated carbocycles. The molecular weight excluding hydrogens is 346 g/mol. The van der Waals surface area contributed by atoms with E-state index < -0.39 is 0 Å². The van der Waals surface area contributed by atoms with E-state index in [9.17, 15) is 4.79 Å². The summed E-state index contributed by atoms with van der Waals surface area (Å²) in [5, 5.41) is 3.19. The van der Waals surface area contributed by atoms with Crippen LogP contribution in [0.2, 0.25) is 0 Å². The SMILES string of the molecule is O=C(CCC1CCCc2ccccc21)NC(c1cccnc1)c1cccnc1. The van der Waals surface area contributed by atoms with E-state index in [0.29, 0.717) is 12.3 Å². The van der Waals surface area contributed by atoms with Crippen molar-refractivity contribution in [3.05, 3.63) is 95.6 Å². The Morgan fingerprint density at radius 1 is 1.00 bits per heavy atom. The fourth-order valence-corrected chi connectivity index (χ4v) is 4.15. The van der Waals surface area contributed by atoms with Gasteiger partial charge < -0.3 is 5.32 Å². The number of aryl methyl sites for hydroxylation is 1. The number of pyridine rings is 2. The Bertz CT molecular complexity index is 872. The van der Waals surface area contributed by atoms with Gasteiger partial charge in [0.1, 0.15) is 0 Å². The normalized spacial score (nSPS) is 15.8. The molecule has 1 unspecified atom stereocenters. The van der Waals surface area contributed by atoms with Crippen molar-refractivity contribution in [3.63, 3.8) is 0 Å². The minimum absolute atomic E-state index is 0.0701. The molecule has 0 fully saturated rings. The van der Waals surface area contributed by atoms with Gasteiger partial charge in [-0.15, -0.1) is 0 Å². The van der Waals surface area contributed by atoms with E-state index in [4.69, 9.17) is 0 Å². The Labute approximate surface area is 166 Å². The lowest BCUT2D eigenvalue weighted by Gasteiger charge is -2.26. The summed E-state index contributed by atoms with van der Waals surface area (Å²) in [7, 11) is 0. The molecule has 2 aromatic heterocycles. The third kappa shape index (κ3) is 4.28. The van der Waals surface area contributed by atoms with Crippen molar-refractivity contribution in [3.8, 4) is 0 Å². The van der Waals surface area contributed by atoms with Gasteiger partial charge in [0.05, 0.1) is 6.04 Å². The maximum absolute atomic E-state index is 12.8. The maximum Gasteiger partial charge on any atom is 0.220 e. The lowest BCUT2D eigenvalue weighted by atomic mass is 9.80. The Morgan fingerprint density at radius 2 is 1.71 bits per heavy atom. The van der Waals surface area contributed by atoms with Crippen molar-refractivity contribution in [2.75, 3.05) is 0 Å². The molecule has 1 N–H and O–H groups in total. The number of fused-ring (bicyclic) bond motifs is 1. The highest BCUT2D eigenvalue weighted by molar-refractivity contribution is 5.77. The molecule has 1 aliphatic rings. The molecule has 1 aromatic carbocycles. The summed E-state index contributed by atoms with van der Waals surface area (Å²) in [6.45, 7) is 0. The molecule has 0 radical (unpaired) electrons. The second-order valence-corrected chi connectivity index (χ2v) is 7.40. The summed E-state index contributed by atoms with van der Waals surface area (Å²) in [5.41, 5.74) is 4.80. The van der Waals surface area contributed by atoms with E-state index in [2.05, 4.69) is 39.6 Å². The maximum atomic E-state index is 12.8. The molecule has 3 aromatic rings. The van der Waals surface area contributed by atoms with Crippen molar-refractivity contribution in [2.45, 2.75) is 44.1 Å². The first kappa shape index (κ1) is 18.4. The number of hydrogen-bond acceptors (Lipinski definition) is 3. The molecule has 0 aliphatic heterocycles. The van der Waals surface area contributed by atoms with Gasteiger partial charge in [0.25, 0.3) is 0 Å². The number of rotatable bonds is 6. The average Bonchev–Trinajstić information content (AvgIpc) is 2.77.